The van der Waals surface area contributed by atoms with Gasteiger partial charge in [-0.25, -0.2) is 4.98 Å². The van der Waals surface area contributed by atoms with Crippen molar-refractivity contribution in [2.75, 3.05) is 26.2 Å². The maximum Gasteiger partial charge on any atom is 0.227 e. The van der Waals surface area contributed by atoms with Crippen molar-refractivity contribution in [3.63, 3.8) is 0 Å². The van der Waals surface area contributed by atoms with Crippen molar-refractivity contribution < 1.29 is 4.79 Å². The lowest BCUT2D eigenvalue weighted by molar-refractivity contribution is -0.130. The largest absolute Gasteiger partial charge is 0.341 e. The SMILES string of the molecule is O=C(Cc1cccs1)N1CCCN(Cc2nccn2Cc2ccccc2)CC1. The molecule has 3 heterocycles. The Hall–Kier alpha value is -2.44. The molecule has 0 aliphatic carbocycles. The Morgan fingerprint density at radius 2 is 1.89 bits per heavy atom. The summed E-state index contributed by atoms with van der Waals surface area (Å²) in [5.41, 5.74) is 1.28. The molecule has 1 aliphatic heterocycles. The molecule has 0 bridgehead atoms. The highest BCUT2D eigenvalue weighted by molar-refractivity contribution is 7.10. The number of imidazole rings is 1. The van der Waals surface area contributed by atoms with E-state index in [0.717, 1.165) is 56.4 Å². The van der Waals surface area contributed by atoms with Gasteiger partial charge in [0, 0.05) is 50.0 Å². The summed E-state index contributed by atoms with van der Waals surface area (Å²) in [4.78, 5) is 22.8. The molecule has 0 saturated carbocycles. The molecule has 3 aromatic rings. The fourth-order valence-electron chi connectivity index (χ4n) is 3.67. The van der Waals surface area contributed by atoms with Gasteiger partial charge in [-0.2, -0.15) is 0 Å². The number of aromatic nitrogens is 2. The quantitative estimate of drug-likeness (QED) is 0.644. The first-order chi connectivity index (χ1) is 13.8. The van der Waals surface area contributed by atoms with Gasteiger partial charge in [0.05, 0.1) is 13.0 Å². The third-order valence-corrected chi connectivity index (χ3v) is 6.09. The van der Waals surface area contributed by atoms with Crippen LogP contribution in [0.1, 0.15) is 22.7 Å². The first-order valence-corrected chi connectivity index (χ1v) is 10.7. The Bertz CT molecular complexity index is 875. The van der Waals surface area contributed by atoms with Crippen LogP contribution in [-0.2, 0) is 24.3 Å². The van der Waals surface area contributed by atoms with Crippen LogP contribution >= 0.6 is 11.3 Å². The molecule has 0 unspecified atom stereocenters. The predicted molar refractivity (Wildman–Crippen MR) is 112 cm³/mol. The maximum absolute atomic E-state index is 12.6. The van der Waals surface area contributed by atoms with E-state index in [2.05, 4.69) is 44.9 Å². The summed E-state index contributed by atoms with van der Waals surface area (Å²) in [7, 11) is 0. The molecule has 4 rings (SSSR count). The van der Waals surface area contributed by atoms with Crippen LogP contribution in [0.5, 0.6) is 0 Å². The smallest absolute Gasteiger partial charge is 0.227 e. The highest BCUT2D eigenvalue weighted by Crippen LogP contribution is 2.14. The second-order valence-electron chi connectivity index (χ2n) is 7.22. The van der Waals surface area contributed by atoms with Crippen molar-refractivity contribution in [1.29, 1.82) is 0 Å². The molecule has 1 saturated heterocycles. The lowest BCUT2D eigenvalue weighted by Gasteiger charge is -2.22. The van der Waals surface area contributed by atoms with E-state index in [1.165, 1.54) is 5.56 Å². The molecule has 0 spiro atoms. The summed E-state index contributed by atoms with van der Waals surface area (Å²) in [6.45, 7) is 5.21. The Morgan fingerprint density at radius 1 is 1.00 bits per heavy atom. The van der Waals surface area contributed by atoms with Gasteiger partial charge in [-0.1, -0.05) is 36.4 Å². The molecule has 0 atom stereocenters. The second kappa shape index (κ2) is 9.17. The fourth-order valence-corrected chi connectivity index (χ4v) is 4.36. The minimum atomic E-state index is 0.245. The number of rotatable bonds is 6. The van der Waals surface area contributed by atoms with Crippen LogP contribution in [-0.4, -0.2) is 51.4 Å². The molecule has 1 amide bonds. The number of hydrogen-bond acceptors (Lipinski definition) is 4. The molecule has 2 aromatic heterocycles. The Labute approximate surface area is 170 Å². The van der Waals surface area contributed by atoms with Gasteiger partial charge < -0.3 is 9.47 Å². The average molecular weight is 395 g/mol. The minimum absolute atomic E-state index is 0.245. The van der Waals surface area contributed by atoms with E-state index in [9.17, 15) is 4.79 Å². The molecule has 1 aliphatic rings. The van der Waals surface area contributed by atoms with Gasteiger partial charge in [0.15, 0.2) is 0 Å². The van der Waals surface area contributed by atoms with Gasteiger partial charge in [0.1, 0.15) is 5.82 Å². The zero-order chi connectivity index (χ0) is 19.2. The molecule has 1 fully saturated rings. The molecule has 28 heavy (non-hydrogen) atoms. The van der Waals surface area contributed by atoms with Crippen molar-refractivity contribution in [1.82, 2.24) is 19.4 Å². The Kier molecular flexibility index (Phi) is 6.19. The lowest BCUT2D eigenvalue weighted by Crippen LogP contribution is -2.36. The van der Waals surface area contributed by atoms with E-state index in [0.29, 0.717) is 6.42 Å². The molecular formula is C22H26N4OS. The Balaban J connectivity index is 1.33. The van der Waals surface area contributed by atoms with Crippen molar-refractivity contribution in [2.24, 2.45) is 0 Å². The van der Waals surface area contributed by atoms with Gasteiger partial charge in [0.25, 0.3) is 0 Å². The minimum Gasteiger partial charge on any atom is -0.341 e. The van der Waals surface area contributed by atoms with E-state index >= 15 is 0 Å². The molecule has 1 aromatic carbocycles. The lowest BCUT2D eigenvalue weighted by atomic mass is 10.2. The van der Waals surface area contributed by atoms with Crippen LogP contribution in [0.2, 0.25) is 0 Å². The van der Waals surface area contributed by atoms with Gasteiger partial charge >= 0.3 is 0 Å². The van der Waals surface area contributed by atoms with Crippen LogP contribution in [0, 0.1) is 0 Å². The number of hydrogen-bond donors (Lipinski definition) is 0. The highest BCUT2D eigenvalue weighted by atomic mass is 32.1. The van der Waals surface area contributed by atoms with Crippen molar-refractivity contribution in [3.05, 3.63) is 76.5 Å². The van der Waals surface area contributed by atoms with E-state index in [4.69, 9.17) is 0 Å². The normalized spacial score (nSPS) is 15.5. The molecule has 146 valence electrons. The topological polar surface area (TPSA) is 41.4 Å². The molecular weight excluding hydrogens is 368 g/mol. The summed E-state index contributed by atoms with van der Waals surface area (Å²) < 4.78 is 2.22. The monoisotopic (exact) mass is 394 g/mol. The van der Waals surface area contributed by atoms with Crippen molar-refractivity contribution in [2.45, 2.75) is 25.9 Å². The van der Waals surface area contributed by atoms with Gasteiger partial charge in [-0.05, 0) is 23.4 Å². The number of carbonyl (C=O) groups is 1. The third kappa shape index (κ3) is 4.88. The number of nitrogens with zero attached hydrogens (tertiary/aromatic N) is 4. The van der Waals surface area contributed by atoms with Crippen LogP contribution in [0.25, 0.3) is 0 Å². The predicted octanol–water partition coefficient (Wildman–Crippen LogP) is 3.27. The van der Waals surface area contributed by atoms with E-state index in [-0.39, 0.29) is 5.91 Å². The first-order valence-electron chi connectivity index (χ1n) is 9.84. The van der Waals surface area contributed by atoms with Gasteiger partial charge in [-0.3, -0.25) is 9.69 Å². The number of thiophene rings is 1. The summed E-state index contributed by atoms with van der Waals surface area (Å²) >= 11 is 1.66. The number of benzene rings is 1. The standard InChI is InChI=1S/C22H26N4OS/c27-22(16-20-8-4-15-28-20)25-11-5-10-24(13-14-25)18-21-23-9-12-26(21)17-19-6-2-1-3-7-19/h1-4,6-9,12,15H,5,10-11,13-14,16-18H2. The van der Waals surface area contributed by atoms with E-state index in [1.54, 1.807) is 11.3 Å². The van der Waals surface area contributed by atoms with Gasteiger partial charge in [-0.15, -0.1) is 11.3 Å². The van der Waals surface area contributed by atoms with E-state index in [1.807, 2.05) is 34.7 Å². The van der Waals surface area contributed by atoms with Crippen LogP contribution in [0.3, 0.4) is 0 Å². The summed E-state index contributed by atoms with van der Waals surface area (Å²) in [6.07, 6.45) is 5.47. The van der Waals surface area contributed by atoms with Gasteiger partial charge in [0.2, 0.25) is 5.91 Å². The molecule has 5 nitrogen and oxygen atoms in total. The van der Waals surface area contributed by atoms with Crippen LogP contribution < -0.4 is 0 Å². The zero-order valence-corrected chi connectivity index (χ0v) is 16.9. The number of carbonyl (C=O) groups excluding carboxylic acids is 1. The first kappa shape index (κ1) is 18.9. The highest BCUT2D eigenvalue weighted by Gasteiger charge is 2.20. The summed E-state index contributed by atoms with van der Waals surface area (Å²) in [5.74, 6) is 1.33. The maximum atomic E-state index is 12.6. The van der Waals surface area contributed by atoms with Crippen LogP contribution in [0.4, 0.5) is 0 Å². The molecule has 0 radical (unpaired) electrons. The van der Waals surface area contributed by atoms with Crippen molar-refractivity contribution in [3.8, 4) is 0 Å². The zero-order valence-electron chi connectivity index (χ0n) is 16.0. The summed E-state index contributed by atoms with van der Waals surface area (Å²) in [5, 5.41) is 2.03. The number of amides is 1. The summed E-state index contributed by atoms with van der Waals surface area (Å²) in [6, 6.07) is 14.5. The molecule has 6 heteroatoms. The average Bonchev–Trinajstić information content (AvgIpc) is 3.31. The van der Waals surface area contributed by atoms with Crippen molar-refractivity contribution >= 4 is 17.2 Å². The fraction of sp³-hybridized carbons (Fsp3) is 0.364. The van der Waals surface area contributed by atoms with E-state index < -0.39 is 0 Å². The molecule has 0 N–H and O–H groups in total. The second-order valence-corrected chi connectivity index (χ2v) is 8.26. The Morgan fingerprint density at radius 3 is 2.71 bits per heavy atom. The third-order valence-electron chi connectivity index (χ3n) is 5.21. The van der Waals surface area contributed by atoms with Crippen LogP contribution in [0.15, 0.2) is 60.2 Å².